The van der Waals surface area contributed by atoms with Crippen LogP contribution in [0.5, 0.6) is 5.88 Å². The molecule has 120 valence electrons. The van der Waals surface area contributed by atoms with Crippen LogP contribution in [0.1, 0.15) is 10.4 Å². The quantitative estimate of drug-likeness (QED) is 0.739. The van der Waals surface area contributed by atoms with E-state index in [1.807, 2.05) is 11.9 Å². The average molecular weight is 325 g/mol. The Kier molecular flexibility index (Phi) is 3.82. The number of fused-ring (bicyclic) bond motifs is 1. The van der Waals surface area contributed by atoms with E-state index in [2.05, 4.69) is 4.98 Å². The standard InChI is InChI=1S/C14H19N3O4S/c1-16-6-7-17(12-9-22(19,20)8-11(12)16)14(18)10-4-3-5-15-13(10)21-2/h3-5,11-12H,6-9H2,1-2H3/t11-,12+/m1/s1. The normalized spacial score (nSPS) is 27.5. The fraction of sp³-hybridized carbons (Fsp3) is 0.571. The number of carbonyl (C=O) groups is 1. The zero-order valence-corrected chi connectivity index (χ0v) is 13.4. The van der Waals surface area contributed by atoms with Crippen LogP contribution < -0.4 is 4.74 Å². The van der Waals surface area contributed by atoms with E-state index in [9.17, 15) is 13.2 Å². The Labute approximate surface area is 129 Å². The summed E-state index contributed by atoms with van der Waals surface area (Å²) in [5.41, 5.74) is 0.373. The van der Waals surface area contributed by atoms with Crippen LogP contribution in [-0.4, -0.2) is 79.9 Å². The highest BCUT2D eigenvalue weighted by Gasteiger charge is 2.47. The summed E-state index contributed by atoms with van der Waals surface area (Å²) in [7, 11) is 0.263. The van der Waals surface area contributed by atoms with Crippen molar-refractivity contribution >= 4 is 15.7 Å². The summed E-state index contributed by atoms with van der Waals surface area (Å²) < 4.78 is 29.1. The van der Waals surface area contributed by atoms with Gasteiger partial charge >= 0.3 is 0 Å². The Hall–Kier alpha value is -1.67. The van der Waals surface area contributed by atoms with Gasteiger partial charge in [-0.3, -0.25) is 9.69 Å². The van der Waals surface area contributed by atoms with E-state index >= 15 is 0 Å². The maximum absolute atomic E-state index is 12.8. The monoisotopic (exact) mass is 325 g/mol. The number of carbonyl (C=O) groups excluding carboxylic acids is 1. The van der Waals surface area contributed by atoms with Crippen LogP contribution in [0.25, 0.3) is 0 Å². The van der Waals surface area contributed by atoms with E-state index in [1.54, 1.807) is 23.2 Å². The smallest absolute Gasteiger partial charge is 0.259 e. The number of nitrogens with zero attached hydrogens (tertiary/aromatic N) is 3. The third kappa shape index (κ3) is 2.56. The van der Waals surface area contributed by atoms with Gasteiger partial charge in [-0.2, -0.15) is 0 Å². The van der Waals surface area contributed by atoms with Crippen LogP contribution in [-0.2, 0) is 9.84 Å². The van der Waals surface area contributed by atoms with E-state index in [4.69, 9.17) is 4.74 Å². The first kappa shape index (κ1) is 15.2. The van der Waals surface area contributed by atoms with Gasteiger partial charge in [0.25, 0.3) is 5.91 Å². The predicted octanol–water partition coefficient (Wildman–Crippen LogP) is -0.357. The van der Waals surface area contributed by atoms with Crippen molar-refractivity contribution in [1.82, 2.24) is 14.8 Å². The number of aromatic nitrogens is 1. The van der Waals surface area contributed by atoms with E-state index in [0.717, 1.165) is 0 Å². The maximum atomic E-state index is 12.8. The summed E-state index contributed by atoms with van der Waals surface area (Å²) in [6.07, 6.45) is 1.56. The molecule has 2 saturated heterocycles. The molecule has 0 aromatic carbocycles. The Bertz CT molecular complexity index is 691. The number of methoxy groups -OCH3 is 1. The van der Waals surface area contributed by atoms with Crippen LogP contribution in [0.4, 0.5) is 0 Å². The second kappa shape index (κ2) is 5.51. The number of likely N-dealkylation sites (N-methyl/N-ethyl adjacent to an activating group) is 1. The van der Waals surface area contributed by atoms with Crippen molar-refractivity contribution in [3.05, 3.63) is 23.9 Å². The molecule has 0 radical (unpaired) electrons. The molecule has 0 unspecified atom stereocenters. The van der Waals surface area contributed by atoms with Crippen molar-refractivity contribution in [2.75, 3.05) is 38.8 Å². The number of piperazine rings is 1. The molecule has 0 bridgehead atoms. The van der Waals surface area contributed by atoms with Gasteiger partial charge in [-0.25, -0.2) is 13.4 Å². The van der Waals surface area contributed by atoms with Crippen molar-refractivity contribution in [2.45, 2.75) is 12.1 Å². The van der Waals surface area contributed by atoms with Gasteiger partial charge in [0.2, 0.25) is 5.88 Å². The number of sulfone groups is 1. The molecule has 1 aromatic rings. The molecular formula is C14H19N3O4S. The minimum absolute atomic E-state index is 0.0241. The Morgan fingerprint density at radius 3 is 2.77 bits per heavy atom. The molecule has 8 heteroatoms. The van der Waals surface area contributed by atoms with Gasteiger partial charge in [-0.05, 0) is 19.2 Å². The van der Waals surface area contributed by atoms with E-state index in [1.165, 1.54) is 7.11 Å². The molecule has 2 aliphatic rings. The molecule has 0 N–H and O–H groups in total. The zero-order valence-electron chi connectivity index (χ0n) is 12.6. The van der Waals surface area contributed by atoms with Crippen LogP contribution in [0, 0.1) is 0 Å². The molecule has 2 fully saturated rings. The third-order valence-electron chi connectivity index (χ3n) is 4.41. The van der Waals surface area contributed by atoms with Gasteiger partial charge in [0.15, 0.2) is 9.84 Å². The van der Waals surface area contributed by atoms with Gasteiger partial charge in [0.1, 0.15) is 5.56 Å². The minimum Gasteiger partial charge on any atom is -0.480 e. The number of amides is 1. The summed E-state index contributed by atoms with van der Waals surface area (Å²) in [6.45, 7) is 1.16. The molecule has 7 nitrogen and oxygen atoms in total. The molecule has 2 aliphatic heterocycles. The van der Waals surface area contributed by atoms with Crippen LogP contribution >= 0.6 is 0 Å². The van der Waals surface area contributed by atoms with E-state index in [0.29, 0.717) is 18.7 Å². The number of hydrogen-bond acceptors (Lipinski definition) is 6. The highest BCUT2D eigenvalue weighted by Crippen LogP contribution is 2.28. The molecule has 1 amide bonds. The molecule has 22 heavy (non-hydrogen) atoms. The summed E-state index contributed by atoms with van der Waals surface area (Å²) >= 11 is 0. The Balaban J connectivity index is 1.92. The Morgan fingerprint density at radius 1 is 1.32 bits per heavy atom. The fourth-order valence-corrected chi connectivity index (χ4v) is 5.30. The van der Waals surface area contributed by atoms with Crippen molar-refractivity contribution in [3.8, 4) is 5.88 Å². The van der Waals surface area contributed by atoms with Crippen molar-refractivity contribution in [3.63, 3.8) is 0 Å². The molecule has 0 aliphatic carbocycles. The number of ether oxygens (including phenoxy) is 1. The summed E-state index contributed by atoms with van der Waals surface area (Å²) in [4.78, 5) is 20.6. The van der Waals surface area contributed by atoms with E-state index < -0.39 is 9.84 Å². The van der Waals surface area contributed by atoms with Gasteiger partial charge in [-0.15, -0.1) is 0 Å². The lowest BCUT2D eigenvalue weighted by Gasteiger charge is -2.42. The molecule has 0 spiro atoms. The highest BCUT2D eigenvalue weighted by molar-refractivity contribution is 7.91. The second-order valence-electron chi connectivity index (χ2n) is 5.75. The van der Waals surface area contributed by atoms with Gasteiger partial charge in [-0.1, -0.05) is 0 Å². The fourth-order valence-electron chi connectivity index (χ4n) is 3.25. The van der Waals surface area contributed by atoms with E-state index in [-0.39, 0.29) is 35.4 Å². The highest BCUT2D eigenvalue weighted by atomic mass is 32.2. The first-order valence-corrected chi connectivity index (χ1v) is 8.96. The topological polar surface area (TPSA) is 79.8 Å². The maximum Gasteiger partial charge on any atom is 0.259 e. The number of hydrogen-bond donors (Lipinski definition) is 0. The van der Waals surface area contributed by atoms with Crippen molar-refractivity contribution in [2.24, 2.45) is 0 Å². The summed E-state index contributed by atoms with van der Waals surface area (Å²) in [6, 6.07) is 2.89. The lowest BCUT2D eigenvalue weighted by atomic mass is 10.0. The number of pyridine rings is 1. The molecule has 3 rings (SSSR count). The van der Waals surface area contributed by atoms with Crippen molar-refractivity contribution in [1.29, 1.82) is 0 Å². The minimum atomic E-state index is -3.11. The van der Waals surface area contributed by atoms with Crippen LogP contribution in [0.3, 0.4) is 0 Å². The first-order valence-electron chi connectivity index (χ1n) is 7.13. The summed E-state index contributed by atoms with van der Waals surface area (Å²) in [5, 5.41) is 0. The molecular weight excluding hydrogens is 306 g/mol. The Morgan fingerprint density at radius 2 is 2.05 bits per heavy atom. The number of rotatable bonds is 2. The predicted molar refractivity (Wildman–Crippen MR) is 80.7 cm³/mol. The average Bonchev–Trinajstić information content (AvgIpc) is 2.83. The van der Waals surface area contributed by atoms with Gasteiger partial charge in [0, 0.05) is 25.3 Å². The van der Waals surface area contributed by atoms with Crippen LogP contribution in [0.15, 0.2) is 18.3 Å². The first-order chi connectivity index (χ1) is 10.4. The summed E-state index contributed by atoms with van der Waals surface area (Å²) in [5.74, 6) is 0.187. The zero-order chi connectivity index (χ0) is 15.9. The molecule has 2 atom stereocenters. The lowest BCUT2D eigenvalue weighted by molar-refractivity contribution is 0.0406. The molecule has 3 heterocycles. The van der Waals surface area contributed by atoms with Crippen molar-refractivity contribution < 1.29 is 17.9 Å². The lowest BCUT2D eigenvalue weighted by Crippen LogP contribution is -2.59. The second-order valence-corrected chi connectivity index (χ2v) is 7.90. The van der Waals surface area contributed by atoms with Gasteiger partial charge < -0.3 is 9.64 Å². The largest absolute Gasteiger partial charge is 0.480 e. The third-order valence-corrected chi connectivity index (χ3v) is 6.11. The SMILES string of the molecule is COc1ncccc1C(=O)N1CCN(C)[C@@H]2CS(=O)(=O)C[C@@H]21. The van der Waals surface area contributed by atoms with Gasteiger partial charge in [0.05, 0.1) is 24.7 Å². The molecule has 1 aromatic heterocycles. The van der Waals surface area contributed by atoms with Crippen LogP contribution in [0.2, 0.25) is 0 Å². The molecule has 0 saturated carbocycles.